The predicted octanol–water partition coefficient (Wildman–Crippen LogP) is -0.613. The lowest BCUT2D eigenvalue weighted by atomic mass is 9.84. The van der Waals surface area contributed by atoms with Crippen molar-refractivity contribution in [1.29, 1.82) is 0 Å². The van der Waals surface area contributed by atoms with Gasteiger partial charge in [0, 0.05) is 27.5 Å². The smallest absolute Gasteiger partial charge is 0.376 e. The Hall–Kier alpha value is 0.440. The molecule has 0 spiro atoms. The monoisotopic (exact) mass is 524 g/mol. The first-order valence-electron chi connectivity index (χ1n) is 7.79. The molecule has 2 unspecified atom stereocenters. The van der Waals surface area contributed by atoms with Crippen molar-refractivity contribution in [3.8, 4) is 0 Å². The normalized spacial score (nSPS) is 34.9. The van der Waals surface area contributed by atoms with Crippen LogP contribution in [-0.4, -0.2) is 93.5 Å². The van der Waals surface area contributed by atoms with Crippen LogP contribution in [0.15, 0.2) is 0 Å². The minimum absolute atomic E-state index is 0.736. The van der Waals surface area contributed by atoms with Gasteiger partial charge >= 0.3 is 30.8 Å². The molecule has 0 aromatic heterocycles. The zero-order valence-electron chi connectivity index (χ0n) is 16.0. The molecule has 1 aliphatic rings. The molecule has 0 aromatic carbocycles. The van der Waals surface area contributed by atoms with Gasteiger partial charge in [0.25, 0.3) is 0 Å². The van der Waals surface area contributed by atoms with Crippen molar-refractivity contribution < 1.29 is 75.2 Å². The van der Waals surface area contributed by atoms with E-state index in [2.05, 4.69) is 9.05 Å². The molecule has 0 aromatic rings. The molecule has 6 N–H and O–H groups in total. The lowest BCUT2D eigenvalue weighted by molar-refractivity contribution is -0.218. The molecule has 1 rings (SSSR count). The molecule has 0 bridgehead atoms. The number of methoxy groups -OCH3 is 2. The molecular weight excluding hydrogens is 500 g/mol. The highest BCUT2D eigenvalue weighted by atomic mass is 31.2. The van der Waals surface area contributed by atoms with E-state index in [0.29, 0.717) is 0 Å². The highest BCUT2D eigenvalue weighted by Gasteiger charge is 2.59. The molecule has 0 heterocycles. The van der Waals surface area contributed by atoms with E-state index in [1.54, 1.807) is 0 Å². The van der Waals surface area contributed by atoms with E-state index < -0.39 is 67.5 Å². The molecule has 1 saturated carbocycles. The average Bonchev–Trinajstić information content (AvgIpc) is 2.46. The molecule has 1 aliphatic carbocycles. The van der Waals surface area contributed by atoms with Crippen LogP contribution in [0.5, 0.6) is 0 Å². The Morgan fingerprint density at radius 1 is 0.500 bits per heavy atom. The quantitative estimate of drug-likeness (QED) is 0.195. The first-order valence-corrected chi connectivity index (χ1v) is 14.9. The van der Waals surface area contributed by atoms with E-state index in [0.717, 1.165) is 27.5 Å². The summed E-state index contributed by atoms with van der Waals surface area (Å²) in [5.41, 5.74) is 0. The number of hydrogen-bond acceptors (Lipinski definition) is 10. The Kier molecular flexibility index (Phi) is 9.63. The summed E-state index contributed by atoms with van der Waals surface area (Å²) in [6, 6.07) is 0. The first-order chi connectivity index (χ1) is 13.3. The van der Waals surface area contributed by atoms with Crippen molar-refractivity contribution in [2.45, 2.75) is 36.6 Å². The van der Waals surface area contributed by atoms with Gasteiger partial charge in [0.15, 0.2) is 0 Å². The predicted molar refractivity (Wildman–Crippen MR) is 96.7 cm³/mol. The summed E-state index contributed by atoms with van der Waals surface area (Å²) in [6.07, 6.45) is -11.4. The zero-order chi connectivity index (χ0) is 23.7. The molecule has 1 fully saturated rings. The summed E-state index contributed by atoms with van der Waals surface area (Å²) in [6.45, 7) is 1.47. The van der Waals surface area contributed by atoms with Gasteiger partial charge in [0.2, 0.25) is 0 Å². The molecule has 0 saturated heterocycles. The molecule has 16 nitrogen and oxygen atoms in total. The van der Waals surface area contributed by atoms with Gasteiger partial charge in [-0.2, -0.15) is 0 Å². The van der Waals surface area contributed by atoms with Crippen LogP contribution < -0.4 is 0 Å². The van der Waals surface area contributed by atoms with Gasteiger partial charge < -0.3 is 38.8 Å². The van der Waals surface area contributed by atoms with Gasteiger partial charge in [-0.15, -0.1) is 0 Å². The second-order valence-electron chi connectivity index (χ2n) is 6.27. The molecule has 0 radical (unpaired) electrons. The van der Waals surface area contributed by atoms with Gasteiger partial charge in [-0.1, -0.05) is 0 Å². The third-order valence-corrected chi connectivity index (χ3v) is 5.95. The SMILES string of the molecule is CO[C@@H]1[C@H](OP(C)(=O)O)[C@@H](OP(C)(=O)O)[C@H](OC)[C@@H](OP(=O)(O)O)[C@@H]1OP(=O)(O)O. The van der Waals surface area contributed by atoms with Crippen LogP contribution in [0.4, 0.5) is 0 Å². The summed E-state index contributed by atoms with van der Waals surface area (Å²) in [5.74, 6) is 0. The maximum atomic E-state index is 11.9. The fourth-order valence-corrected chi connectivity index (χ4v) is 5.40. The molecule has 0 aliphatic heterocycles. The van der Waals surface area contributed by atoms with Crippen molar-refractivity contribution >= 4 is 30.8 Å². The molecule has 180 valence electrons. The number of rotatable bonds is 10. The van der Waals surface area contributed by atoms with Crippen LogP contribution in [0.25, 0.3) is 0 Å². The zero-order valence-corrected chi connectivity index (χ0v) is 19.6. The second kappa shape index (κ2) is 10.1. The van der Waals surface area contributed by atoms with E-state index in [4.69, 9.17) is 18.5 Å². The molecule has 20 heteroatoms. The van der Waals surface area contributed by atoms with Crippen molar-refractivity contribution in [2.24, 2.45) is 0 Å². The summed E-state index contributed by atoms with van der Waals surface area (Å²) in [4.78, 5) is 56.1. The van der Waals surface area contributed by atoms with E-state index >= 15 is 0 Å². The molecule has 0 amide bonds. The molecule has 30 heavy (non-hydrogen) atoms. The van der Waals surface area contributed by atoms with Crippen molar-refractivity contribution in [1.82, 2.24) is 0 Å². The van der Waals surface area contributed by atoms with Gasteiger partial charge in [0.05, 0.1) is 0 Å². The van der Waals surface area contributed by atoms with Crippen LogP contribution in [0.1, 0.15) is 0 Å². The van der Waals surface area contributed by atoms with Crippen LogP contribution in [0.3, 0.4) is 0 Å². The fourth-order valence-electron chi connectivity index (χ4n) is 2.91. The Balaban J connectivity index is 3.66. The van der Waals surface area contributed by atoms with Crippen LogP contribution in [0, 0.1) is 0 Å². The highest BCUT2D eigenvalue weighted by Crippen LogP contribution is 2.53. The number of hydrogen-bond donors (Lipinski definition) is 6. The Morgan fingerprint density at radius 3 is 0.900 bits per heavy atom. The lowest BCUT2D eigenvalue weighted by Crippen LogP contribution is -2.66. The van der Waals surface area contributed by atoms with Crippen molar-refractivity contribution in [3.63, 3.8) is 0 Å². The van der Waals surface area contributed by atoms with Gasteiger partial charge in [0.1, 0.15) is 36.6 Å². The maximum Gasteiger partial charge on any atom is 0.470 e. The third-order valence-electron chi connectivity index (χ3n) is 3.64. The topological polar surface area (TPSA) is 245 Å². The molecular formula is C10H24O16P4. The minimum atomic E-state index is -5.36. The summed E-state index contributed by atoms with van der Waals surface area (Å²) < 4.78 is 75.7. The van der Waals surface area contributed by atoms with E-state index in [9.17, 15) is 47.6 Å². The summed E-state index contributed by atoms with van der Waals surface area (Å²) >= 11 is 0. The highest BCUT2D eigenvalue weighted by molar-refractivity contribution is 7.52. The fraction of sp³-hybridized carbons (Fsp3) is 1.00. The third kappa shape index (κ3) is 9.13. The van der Waals surface area contributed by atoms with Crippen LogP contribution >= 0.6 is 30.8 Å². The van der Waals surface area contributed by atoms with Gasteiger partial charge in [-0.3, -0.25) is 27.2 Å². The van der Waals surface area contributed by atoms with Crippen molar-refractivity contribution in [3.05, 3.63) is 0 Å². The van der Waals surface area contributed by atoms with E-state index in [-0.39, 0.29) is 0 Å². The number of ether oxygens (including phenoxy) is 2. The van der Waals surface area contributed by atoms with Crippen molar-refractivity contribution in [2.75, 3.05) is 27.5 Å². The second-order valence-corrected chi connectivity index (χ2v) is 12.3. The number of phosphoric ester groups is 2. The van der Waals surface area contributed by atoms with Crippen LogP contribution in [-0.2, 0) is 45.8 Å². The summed E-state index contributed by atoms with van der Waals surface area (Å²) in [5, 5.41) is 0. The largest absolute Gasteiger partial charge is 0.470 e. The minimum Gasteiger partial charge on any atom is -0.376 e. The standard InChI is InChI=1S/C10H24O16P4/c1-21-5-7(23-27(3,11)12)8(24-28(4,13)14)6(22-2)10(26-30(18,19)20)9(5)25-29(15,16)17/h5-10H,1-4H3,(H,11,12)(H,13,14)(H2,15,16,17)(H2,18,19,20)/t5-,6+,7-,8-,9+,10+/m0/s1. The molecule has 8 atom stereocenters. The Bertz CT molecular complexity index is 638. The summed E-state index contributed by atoms with van der Waals surface area (Å²) in [7, 11) is -17.6. The first kappa shape index (κ1) is 28.5. The Morgan fingerprint density at radius 2 is 0.733 bits per heavy atom. The van der Waals surface area contributed by atoms with Crippen LogP contribution in [0.2, 0.25) is 0 Å². The number of phosphoric acid groups is 2. The van der Waals surface area contributed by atoms with E-state index in [1.807, 2.05) is 0 Å². The van der Waals surface area contributed by atoms with Gasteiger partial charge in [-0.05, 0) is 0 Å². The average molecular weight is 524 g/mol. The lowest BCUT2D eigenvalue weighted by Gasteiger charge is -2.48. The Labute approximate surface area is 170 Å². The maximum absolute atomic E-state index is 11.9. The van der Waals surface area contributed by atoms with E-state index in [1.165, 1.54) is 0 Å². The van der Waals surface area contributed by atoms with Gasteiger partial charge in [-0.25, -0.2) is 9.13 Å².